The van der Waals surface area contributed by atoms with Crippen molar-refractivity contribution in [3.8, 4) is 0 Å². The number of thiol groups is 1. The molecule has 0 aliphatic carbocycles. The van der Waals surface area contributed by atoms with Gasteiger partial charge in [-0.15, -0.1) is 0 Å². The van der Waals surface area contributed by atoms with Gasteiger partial charge in [0.15, 0.2) is 0 Å². The summed E-state index contributed by atoms with van der Waals surface area (Å²) in [5.41, 5.74) is 0.868. The van der Waals surface area contributed by atoms with Gasteiger partial charge in [0.05, 0.1) is 5.03 Å². The van der Waals surface area contributed by atoms with Gasteiger partial charge in [-0.2, -0.15) is 0 Å². The summed E-state index contributed by atoms with van der Waals surface area (Å²) in [4.78, 5) is 13.7. The molecule has 5 heteroatoms. The normalized spacial score (nSPS) is 12.9. The Morgan fingerprint density at radius 1 is 1.17 bits per heavy atom. The Labute approximate surface area is 119 Å². The summed E-state index contributed by atoms with van der Waals surface area (Å²) in [6.07, 6.45) is 6.24. The van der Waals surface area contributed by atoms with Crippen LogP contribution in [0.1, 0.15) is 26.6 Å². The van der Waals surface area contributed by atoms with E-state index in [1.54, 1.807) is 6.20 Å². The first-order chi connectivity index (χ1) is 8.30. The molecule has 0 bridgehead atoms. The number of hydrogen-bond donors (Lipinski definition) is 1. The Balaban J connectivity index is 2.84. The van der Waals surface area contributed by atoms with Crippen LogP contribution in [0.4, 0.5) is 0 Å². The molecule has 2 rings (SSSR count). The maximum atomic E-state index is 4.78. The summed E-state index contributed by atoms with van der Waals surface area (Å²) in [6.45, 7) is 6.40. The molecule has 0 fully saturated rings. The van der Waals surface area contributed by atoms with Crippen molar-refractivity contribution in [2.75, 3.05) is 12.5 Å². The number of pyridine rings is 1. The average Bonchev–Trinajstić information content (AvgIpc) is 2.27. The van der Waals surface area contributed by atoms with Gasteiger partial charge in [0.25, 0.3) is 0 Å². The van der Waals surface area contributed by atoms with Gasteiger partial charge in [-0.1, -0.05) is 20.8 Å². The Bertz CT molecular complexity index is 591. The fourth-order valence-corrected chi connectivity index (χ4v) is 3.06. The summed E-state index contributed by atoms with van der Waals surface area (Å²) < 4.78 is 0.797. The Hall–Kier alpha value is -0.680. The fourth-order valence-electron chi connectivity index (χ4n) is 1.68. The lowest BCUT2D eigenvalue weighted by Crippen LogP contribution is -2.17. The molecule has 0 unspecified atom stereocenters. The molecule has 98 valence electrons. The molecule has 0 N–H and O–H groups in total. The number of hydrogen-bond acceptors (Lipinski definition) is 3. The van der Waals surface area contributed by atoms with E-state index in [9.17, 15) is 0 Å². The second-order valence-corrected chi connectivity index (χ2v) is 8.48. The zero-order chi connectivity index (χ0) is 13.5. The molecule has 0 radical (unpaired) electrons. The van der Waals surface area contributed by atoms with Crippen LogP contribution < -0.4 is 0 Å². The summed E-state index contributed by atoms with van der Waals surface area (Å²) in [7, 11) is -0.271. The monoisotopic (exact) mass is 327 g/mol. The van der Waals surface area contributed by atoms with E-state index in [-0.39, 0.29) is 16.3 Å². The molecule has 3 nitrogen and oxygen atoms in total. The zero-order valence-corrected chi connectivity index (χ0v) is 13.8. The number of fused-ring (bicyclic) bond motifs is 1. The highest BCUT2D eigenvalue weighted by Gasteiger charge is 2.21. The minimum absolute atomic E-state index is 0.0520. The van der Waals surface area contributed by atoms with E-state index >= 15 is 0 Å². The van der Waals surface area contributed by atoms with Crippen molar-refractivity contribution in [3.05, 3.63) is 22.7 Å². The van der Waals surface area contributed by atoms with Gasteiger partial charge in [0.1, 0.15) is 15.9 Å². The molecule has 2 aromatic heterocycles. The van der Waals surface area contributed by atoms with Crippen LogP contribution in [0.15, 0.2) is 21.9 Å². The summed E-state index contributed by atoms with van der Waals surface area (Å²) >= 11 is 3.49. The van der Waals surface area contributed by atoms with Crippen LogP contribution in [0.25, 0.3) is 10.9 Å². The van der Waals surface area contributed by atoms with Gasteiger partial charge in [-0.05, 0) is 34.5 Å². The standard InChI is InChI=1S/C13H18BrN3S/c1-13(2,3)12-16-9-8(6-7-15-10(9)14)11(17-12)18(4)5/h6-7,18H,1-5H3. The van der Waals surface area contributed by atoms with Crippen molar-refractivity contribution in [2.45, 2.75) is 31.2 Å². The molecule has 18 heavy (non-hydrogen) atoms. The predicted octanol–water partition coefficient (Wildman–Crippen LogP) is 3.70. The Morgan fingerprint density at radius 3 is 2.39 bits per heavy atom. The number of aromatic nitrogens is 3. The lowest BCUT2D eigenvalue weighted by atomic mass is 9.95. The molecule has 0 spiro atoms. The van der Waals surface area contributed by atoms with Crippen LogP contribution in [-0.4, -0.2) is 27.5 Å². The third-order valence-electron chi connectivity index (χ3n) is 2.64. The third kappa shape index (κ3) is 2.52. The molecule has 0 aromatic carbocycles. The Kier molecular flexibility index (Phi) is 3.65. The maximum absolute atomic E-state index is 4.78. The van der Waals surface area contributed by atoms with E-state index in [2.05, 4.69) is 59.2 Å². The predicted molar refractivity (Wildman–Crippen MR) is 82.8 cm³/mol. The van der Waals surface area contributed by atoms with Gasteiger partial charge in [0, 0.05) is 17.0 Å². The zero-order valence-electron chi connectivity index (χ0n) is 11.3. The molecule has 0 aliphatic rings. The molecular weight excluding hydrogens is 310 g/mol. The lowest BCUT2D eigenvalue weighted by molar-refractivity contribution is 0.542. The SMILES string of the molecule is C[SH](C)c1nc(C(C)(C)C)nc2c(Br)nccc12. The average molecular weight is 328 g/mol. The largest absolute Gasteiger partial charge is 0.247 e. The van der Waals surface area contributed by atoms with Crippen molar-refractivity contribution < 1.29 is 0 Å². The summed E-state index contributed by atoms with van der Waals surface area (Å²) in [5, 5.41) is 2.27. The number of nitrogens with zero attached hydrogens (tertiary/aromatic N) is 3. The van der Waals surface area contributed by atoms with Crippen molar-refractivity contribution >= 4 is 37.7 Å². The van der Waals surface area contributed by atoms with Crippen LogP contribution >= 0.6 is 26.8 Å². The van der Waals surface area contributed by atoms with Crippen LogP contribution in [0, 0.1) is 0 Å². The van der Waals surface area contributed by atoms with Crippen molar-refractivity contribution in [1.82, 2.24) is 15.0 Å². The summed E-state index contributed by atoms with van der Waals surface area (Å²) in [5.74, 6) is 0.884. The minimum atomic E-state index is -0.271. The molecule has 2 aromatic rings. The Morgan fingerprint density at radius 2 is 1.83 bits per heavy atom. The highest BCUT2D eigenvalue weighted by molar-refractivity contribution is 9.10. The van der Waals surface area contributed by atoms with E-state index in [1.165, 1.54) is 0 Å². The molecule has 2 heterocycles. The topological polar surface area (TPSA) is 38.7 Å². The van der Waals surface area contributed by atoms with Gasteiger partial charge >= 0.3 is 0 Å². The highest BCUT2D eigenvalue weighted by atomic mass is 79.9. The van der Waals surface area contributed by atoms with E-state index in [4.69, 9.17) is 4.98 Å². The fraction of sp³-hybridized carbons (Fsp3) is 0.462. The van der Waals surface area contributed by atoms with E-state index in [1.807, 2.05) is 6.07 Å². The van der Waals surface area contributed by atoms with Gasteiger partial charge in [-0.3, -0.25) is 0 Å². The van der Waals surface area contributed by atoms with Crippen LogP contribution in [0.3, 0.4) is 0 Å². The second-order valence-electron chi connectivity index (χ2n) is 5.51. The second kappa shape index (κ2) is 4.78. The molecule has 0 saturated carbocycles. The third-order valence-corrected chi connectivity index (χ3v) is 4.41. The summed E-state index contributed by atoms with van der Waals surface area (Å²) in [6, 6.07) is 2.00. The van der Waals surface area contributed by atoms with Crippen LogP contribution in [0.5, 0.6) is 0 Å². The quantitative estimate of drug-likeness (QED) is 0.493. The first-order valence-corrected chi connectivity index (χ1v) is 8.83. The van der Waals surface area contributed by atoms with Crippen molar-refractivity contribution in [2.24, 2.45) is 0 Å². The molecule has 0 amide bonds. The molecule has 0 saturated heterocycles. The first kappa shape index (κ1) is 13.7. The van der Waals surface area contributed by atoms with Crippen molar-refractivity contribution in [1.29, 1.82) is 0 Å². The highest BCUT2D eigenvalue weighted by Crippen LogP contribution is 2.35. The van der Waals surface area contributed by atoms with E-state index in [0.29, 0.717) is 0 Å². The molecular formula is C13H18BrN3S. The number of halogens is 1. The lowest BCUT2D eigenvalue weighted by Gasteiger charge is -2.20. The van der Waals surface area contributed by atoms with Crippen molar-refractivity contribution in [3.63, 3.8) is 0 Å². The smallest absolute Gasteiger partial charge is 0.135 e. The maximum Gasteiger partial charge on any atom is 0.135 e. The van der Waals surface area contributed by atoms with Gasteiger partial charge < -0.3 is 0 Å². The van der Waals surface area contributed by atoms with Crippen LogP contribution in [-0.2, 0) is 5.41 Å². The van der Waals surface area contributed by atoms with Gasteiger partial charge in [-0.25, -0.2) is 25.8 Å². The molecule has 0 atom stereocenters. The molecule has 0 aliphatic heterocycles. The number of rotatable bonds is 1. The van der Waals surface area contributed by atoms with E-state index in [0.717, 1.165) is 26.4 Å². The van der Waals surface area contributed by atoms with Crippen LogP contribution in [0.2, 0.25) is 0 Å². The van der Waals surface area contributed by atoms with Gasteiger partial charge in [0.2, 0.25) is 0 Å². The first-order valence-electron chi connectivity index (χ1n) is 5.81. The van der Waals surface area contributed by atoms with E-state index < -0.39 is 0 Å². The minimum Gasteiger partial charge on any atom is -0.247 e.